The molecule has 9 aliphatic rings. The number of Topliss-reactive ketones (excluding diaryl/α,β-unsaturated/α-hetero) is 3. The molecule has 9 nitrogen and oxygen atoms in total. The Hall–Kier alpha value is -5.72. The number of likely N-dealkylation sites (tertiary alicyclic amines) is 1. The first-order valence-electron chi connectivity index (χ1n) is 28.2. The van der Waals surface area contributed by atoms with E-state index < -0.39 is 10.4 Å². The number of carbonyl (C=O) groups is 3. The first-order valence-corrected chi connectivity index (χ1v) is 30.5. The Bertz CT molecular complexity index is 3430. The number of rotatable bonds is 6. The van der Waals surface area contributed by atoms with E-state index in [2.05, 4.69) is 95.2 Å². The number of hydrogen-bond donors (Lipinski definition) is 1. The molecule has 4 bridgehead atoms. The number of carbonyl (C=O) groups excluding carboxylic acids is 3. The van der Waals surface area contributed by atoms with Gasteiger partial charge in [-0.1, -0.05) is 73.2 Å². The molecule has 1 aliphatic heterocycles. The van der Waals surface area contributed by atoms with Crippen LogP contribution < -0.4 is 8.92 Å². The zero-order valence-electron chi connectivity index (χ0n) is 44.9. The zero-order valence-corrected chi connectivity index (χ0v) is 46.6. The van der Waals surface area contributed by atoms with E-state index in [1.165, 1.54) is 94.0 Å². The highest BCUT2D eigenvalue weighted by Crippen LogP contribution is 2.63. The van der Waals surface area contributed by atoms with Gasteiger partial charge in [-0.05, 0) is 236 Å². The Kier molecular flexibility index (Phi) is 13.8. The highest BCUT2D eigenvalue weighted by Gasteiger charge is 2.55. The second-order valence-corrected chi connectivity index (χ2v) is 26.3. The van der Waals surface area contributed by atoms with Crippen molar-refractivity contribution in [3.63, 3.8) is 0 Å². The predicted octanol–water partition coefficient (Wildman–Crippen LogP) is 14.5. The molecule has 0 radical (unpaired) electrons. The number of thiophene rings is 1. The summed E-state index contributed by atoms with van der Waals surface area (Å²) in [4.78, 5) is 40.0. The summed E-state index contributed by atoms with van der Waals surface area (Å²) in [7, 11) is -0.487. The molecule has 1 aromatic heterocycles. The van der Waals surface area contributed by atoms with Gasteiger partial charge in [-0.25, -0.2) is 0 Å². The van der Waals surface area contributed by atoms with Crippen LogP contribution in [0.5, 0.6) is 11.5 Å². The fraction of sp³-hybridized carbons (Fsp3) is 0.439. The van der Waals surface area contributed by atoms with Gasteiger partial charge in [0.1, 0.15) is 17.3 Å². The minimum absolute atomic E-state index is 0.112. The lowest BCUT2D eigenvalue weighted by Crippen LogP contribution is -2.48. The van der Waals surface area contributed by atoms with Gasteiger partial charge in [0, 0.05) is 48.0 Å². The molecule has 4 atom stereocenters. The molecular formula is C66H71NO8S2. The smallest absolute Gasteiger partial charge is 0.446 e. The van der Waals surface area contributed by atoms with Gasteiger partial charge in [-0.2, -0.15) is 8.42 Å². The maximum Gasteiger partial charge on any atom is 0.446 e. The summed E-state index contributed by atoms with van der Waals surface area (Å²) >= 11 is 1.59. The summed E-state index contributed by atoms with van der Waals surface area (Å²) in [5.74, 6) is 6.24. The van der Waals surface area contributed by atoms with Crippen LogP contribution in [0.2, 0.25) is 0 Å². The predicted molar refractivity (Wildman–Crippen MR) is 306 cm³/mol. The van der Waals surface area contributed by atoms with Crippen LogP contribution in [0.15, 0.2) is 114 Å². The first kappa shape index (κ1) is 52.0. The molecular weight excluding hydrogens is 999 g/mol. The second-order valence-electron chi connectivity index (χ2n) is 24.4. The fourth-order valence-electron chi connectivity index (χ4n) is 16.4. The van der Waals surface area contributed by atoms with Crippen LogP contribution in [-0.2, 0) is 33.5 Å². The molecule has 0 unspecified atom stereocenters. The lowest BCUT2D eigenvalue weighted by molar-refractivity contribution is -0.129. The lowest BCUT2D eigenvalue weighted by Gasteiger charge is -2.57. The van der Waals surface area contributed by atoms with Gasteiger partial charge in [0.2, 0.25) is 0 Å². The molecule has 1 saturated heterocycles. The minimum Gasteiger partial charge on any atom is -0.496 e. The van der Waals surface area contributed by atoms with Crippen molar-refractivity contribution in [1.29, 1.82) is 0 Å². The molecule has 8 aliphatic carbocycles. The van der Waals surface area contributed by atoms with Crippen LogP contribution >= 0.6 is 11.3 Å². The quantitative estimate of drug-likeness (QED) is 0.128. The molecule has 11 heteroatoms. The Balaban J connectivity index is 0.000000118. The van der Waals surface area contributed by atoms with Gasteiger partial charge >= 0.3 is 10.4 Å². The molecule has 77 heavy (non-hydrogen) atoms. The largest absolute Gasteiger partial charge is 0.496 e. The summed E-state index contributed by atoms with van der Waals surface area (Å²) in [6, 6.07) is 35.3. The van der Waals surface area contributed by atoms with Crippen molar-refractivity contribution >= 4 is 55.4 Å². The second kappa shape index (κ2) is 20.5. The van der Waals surface area contributed by atoms with Gasteiger partial charge in [-0.3, -0.25) is 18.9 Å². The molecule has 6 saturated carbocycles. The number of ketones is 3. The van der Waals surface area contributed by atoms with E-state index in [1.807, 2.05) is 31.4 Å². The normalized spacial score (nSPS) is 27.9. The van der Waals surface area contributed by atoms with Crippen molar-refractivity contribution in [3.8, 4) is 22.6 Å². The van der Waals surface area contributed by atoms with Crippen molar-refractivity contribution in [3.05, 3.63) is 158 Å². The topological polar surface area (TPSA) is 127 Å². The molecule has 5 aromatic carbocycles. The highest BCUT2D eigenvalue weighted by atomic mass is 32.3. The molecule has 400 valence electrons. The Morgan fingerprint density at radius 3 is 2.18 bits per heavy atom. The number of fused-ring (bicyclic) bond motifs is 8. The van der Waals surface area contributed by atoms with E-state index in [0.29, 0.717) is 35.4 Å². The van der Waals surface area contributed by atoms with Gasteiger partial charge < -0.3 is 13.8 Å². The molecule has 6 aromatic rings. The number of aryl methyl sites for hydroxylation is 1. The monoisotopic (exact) mass is 1070 g/mol. The Labute approximate surface area is 458 Å². The highest BCUT2D eigenvalue weighted by molar-refractivity contribution is 7.81. The number of ether oxygens (including phenoxy) is 1. The summed E-state index contributed by atoms with van der Waals surface area (Å²) in [6.07, 6.45) is 16.7. The van der Waals surface area contributed by atoms with Crippen LogP contribution in [0.1, 0.15) is 157 Å². The fourth-order valence-corrected chi connectivity index (χ4v) is 17.6. The molecule has 0 amide bonds. The molecule has 7 fully saturated rings. The number of benzene rings is 5. The Morgan fingerprint density at radius 1 is 0.753 bits per heavy atom. The number of methoxy groups -OCH3 is 1. The van der Waals surface area contributed by atoms with E-state index in [1.54, 1.807) is 30.4 Å². The Morgan fingerprint density at radius 2 is 1.45 bits per heavy atom. The summed E-state index contributed by atoms with van der Waals surface area (Å²) in [6.45, 7) is 5.99. The lowest BCUT2D eigenvalue weighted by atomic mass is 9.48. The first-order chi connectivity index (χ1) is 37.0. The van der Waals surface area contributed by atoms with Crippen molar-refractivity contribution in [1.82, 2.24) is 4.90 Å². The van der Waals surface area contributed by atoms with Crippen molar-refractivity contribution in [2.45, 2.75) is 121 Å². The van der Waals surface area contributed by atoms with Gasteiger partial charge in [0.05, 0.1) is 12.0 Å². The van der Waals surface area contributed by atoms with Gasteiger partial charge in [0.25, 0.3) is 0 Å². The molecule has 0 spiro atoms. The maximum atomic E-state index is 12.6. The standard InChI is InChI=1S/C29H30O2.C19H19NOS.C18H22O5S/c1-18(30)22-3-4-24-13-25(6-5-23(24)12-22)26-7-8-28(31-2)27(14-26)29-15-19-9-20(16-29)11-21(10-19)17-29;1-20-9-6-13(7-10-20)18-15-5-3-2-4-14(15)12-17(21)19-16(18)8-11-22-19;1-18-9-8-14-13-5-3-12(23-24(20,21)22)10-11(13)2-4-15(14)16(18)6-7-17(18)19/h3-8,12-14,19-21H,9-11,15-17H2,1-2H3;2-5,8,11H,6-7,9-10,12H2,1H3;3,5,10,14-16H,2,4,6-9H2,1H3,(H,20,21,22)/t;;14-,15-,16+,18+/m..1/s1. The maximum absolute atomic E-state index is 12.6. The van der Waals surface area contributed by atoms with Gasteiger partial charge in [-0.15, -0.1) is 11.3 Å². The third-order valence-electron chi connectivity index (χ3n) is 19.8. The molecule has 2 heterocycles. The van der Waals surface area contributed by atoms with E-state index in [4.69, 9.17) is 9.29 Å². The van der Waals surface area contributed by atoms with E-state index in [9.17, 15) is 22.8 Å². The molecule has 15 rings (SSSR count). The summed E-state index contributed by atoms with van der Waals surface area (Å²) in [5.41, 5.74) is 13.7. The third kappa shape index (κ3) is 9.97. The summed E-state index contributed by atoms with van der Waals surface area (Å²) in [5, 5.41) is 4.35. The minimum atomic E-state index is -4.49. The van der Waals surface area contributed by atoms with Crippen LogP contribution in [0.25, 0.3) is 27.5 Å². The van der Waals surface area contributed by atoms with Crippen molar-refractivity contribution in [2.75, 3.05) is 27.2 Å². The summed E-state index contributed by atoms with van der Waals surface area (Å²) < 4.78 is 41.1. The van der Waals surface area contributed by atoms with Crippen LogP contribution in [0.3, 0.4) is 0 Å². The number of hydrogen-bond acceptors (Lipinski definition) is 9. The average molecular weight is 1070 g/mol. The van der Waals surface area contributed by atoms with Gasteiger partial charge in [0.15, 0.2) is 11.6 Å². The van der Waals surface area contributed by atoms with E-state index in [0.717, 1.165) is 109 Å². The SMILES string of the molecule is CN1CCC(=C2c3ccccc3CC(=O)c3sccc32)CC1.COc1ccc(-c2ccc3cc(C(C)=O)ccc3c2)cc1C12CC3CC(CC(C3)C1)C2.C[C@]12CC[C@@H]3c4ccc(OS(=O)(=O)O)cc4CC[C@H]3[C@@H]1CCC2=O. The third-order valence-corrected chi connectivity index (χ3v) is 21.1. The number of nitrogens with zero attached hydrogens (tertiary/aromatic N) is 1. The van der Waals surface area contributed by atoms with Crippen molar-refractivity contribution < 1.29 is 36.3 Å². The van der Waals surface area contributed by atoms with Crippen LogP contribution in [0, 0.1) is 35.0 Å². The number of piperidine rings is 1. The van der Waals surface area contributed by atoms with E-state index in [-0.39, 0.29) is 22.7 Å². The van der Waals surface area contributed by atoms with Crippen LogP contribution in [0.4, 0.5) is 0 Å². The average Bonchev–Trinajstić information content (AvgIpc) is 4.12. The van der Waals surface area contributed by atoms with Crippen molar-refractivity contribution in [2.24, 2.45) is 35.0 Å². The zero-order chi connectivity index (χ0) is 53.4. The molecule has 1 N–H and O–H groups in total. The van der Waals surface area contributed by atoms with E-state index >= 15 is 0 Å². The van der Waals surface area contributed by atoms with Crippen LogP contribution in [-0.4, -0.2) is 62.5 Å².